The molecule has 4 heterocycles. The number of sulfonamides is 1. The molecule has 2 aliphatic heterocycles. The summed E-state index contributed by atoms with van der Waals surface area (Å²) in [6, 6.07) is 6.67. The number of amides is 4. The van der Waals surface area contributed by atoms with E-state index in [9.17, 15) is 32.7 Å². The first kappa shape index (κ1) is 42.0. The van der Waals surface area contributed by atoms with E-state index < -0.39 is 68.2 Å². The van der Waals surface area contributed by atoms with Crippen LogP contribution in [0.4, 0.5) is 4.79 Å². The predicted molar refractivity (Wildman–Crippen MR) is 219 cm³/mol. The summed E-state index contributed by atoms with van der Waals surface area (Å²) in [6.45, 7) is 9.55. The first-order valence-corrected chi connectivity index (χ1v) is 22.0. The third-order valence-electron chi connectivity index (χ3n) is 12.6. The number of rotatable bonds is 10. The Morgan fingerprint density at radius 1 is 1.14 bits per heavy atom. The van der Waals surface area contributed by atoms with Gasteiger partial charge in [0.05, 0.1) is 29.6 Å². The molecule has 2 aliphatic carbocycles. The number of aromatic nitrogens is 3. The normalized spacial score (nSPS) is 28.7. The minimum atomic E-state index is -4.03. The van der Waals surface area contributed by atoms with Gasteiger partial charge in [-0.15, -0.1) is 0 Å². The summed E-state index contributed by atoms with van der Waals surface area (Å²) in [5.74, 6) is -1.18. The Balaban J connectivity index is 1.26. The molecule has 17 heteroatoms. The molecule has 59 heavy (non-hydrogen) atoms. The number of hydrogen-bond acceptors (Lipinski definition) is 10. The van der Waals surface area contributed by atoms with Gasteiger partial charge in [-0.25, -0.2) is 22.9 Å². The maximum Gasteiger partial charge on any atom is 0.405 e. The quantitative estimate of drug-likeness (QED) is 0.204. The number of fused-ring (bicyclic) bond motifs is 3. The van der Waals surface area contributed by atoms with E-state index in [4.69, 9.17) is 19.6 Å². The Bertz CT molecular complexity index is 2270. The van der Waals surface area contributed by atoms with Gasteiger partial charge in [-0.05, 0) is 81.4 Å². The van der Waals surface area contributed by atoms with Gasteiger partial charge >= 0.3 is 6.09 Å². The molecule has 318 valence electrons. The fraction of sp³-hybridized carbons (Fsp3) is 0.571. The van der Waals surface area contributed by atoms with E-state index >= 15 is 0 Å². The zero-order chi connectivity index (χ0) is 42.4. The molecule has 16 nitrogen and oxygen atoms in total. The number of ether oxygens (including phenoxy) is 2. The van der Waals surface area contributed by atoms with Gasteiger partial charge in [-0.2, -0.15) is 5.10 Å². The summed E-state index contributed by atoms with van der Waals surface area (Å²) in [4.78, 5) is 61.8. The smallest absolute Gasteiger partial charge is 0.405 e. The van der Waals surface area contributed by atoms with Gasteiger partial charge in [0.25, 0.3) is 5.91 Å². The van der Waals surface area contributed by atoms with Crippen molar-refractivity contribution < 1.29 is 42.2 Å². The standard InChI is InChI=1S/C42H55N7O9S/c1-7-26-18-25(4)10-8-9-11-27-22-42(27,39(52)47-59(55,56)41(5)15-16-41)45-37(50)33-20-29(23-48(33)38(51)36(26)44-40(53)54)58-34-21-35(49-17-14-31(46-49)24(2)3)43-32-19-28(57-6)12-13-30(32)34/h9,11-14,17,19,21,24-27,29,33,36,44H,7-8,10,15-16,18,20,22-23H2,1-6H3,(H,45,50)(H,47,52)(H,53,54)/b11-9-/t25-,26-,27-,29-,33+,36+,42-/m1/s1. The van der Waals surface area contributed by atoms with Crippen LogP contribution in [0, 0.1) is 17.8 Å². The Morgan fingerprint density at radius 2 is 1.90 bits per heavy atom. The third kappa shape index (κ3) is 8.48. The molecule has 1 aromatic carbocycles. The van der Waals surface area contributed by atoms with Crippen molar-refractivity contribution in [1.82, 2.24) is 35.0 Å². The highest BCUT2D eigenvalue weighted by atomic mass is 32.2. The van der Waals surface area contributed by atoms with E-state index in [0.29, 0.717) is 60.3 Å². The molecule has 7 atom stereocenters. The van der Waals surface area contributed by atoms with Crippen LogP contribution in [0.25, 0.3) is 16.7 Å². The van der Waals surface area contributed by atoms with E-state index in [-0.39, 0.29) is 37.1 Å². The lowest BCUT2D eigenvalue weighted by Gasteiger charge is -2.33. The number of hydrogen-bond donors (Lipinski definition) is 4. The molecule has 4 N–H and O–H groups in total. The van der Waals surface area contributed by atoms with Crippen LogP contribution in [-0.4, -0.2) is 99.1 Å². The van der Waals surface area contributed by atoms with Crippen LogP contribution >= 0.6 is 0 Å². The summed E-state index contributed by atoms with van der Waals surface area (Å²) in [6.07, 6.45) is 6.93. The first-order valence-electron chi connectivity index (χ1n) is 20.5. The topological polar surface area (TPSA) is 211 Å². The molecule has 7 rings (SSSR count). The number of allylic oxidation sites excluding steroid dienone is 1. The number of carbonyl (C=O) groups excluding carboxylic acids is 3. The Labute approximate surface area is 344 Å². The second-order valence-electron chi connectivity index (χ2n) is 17.3. The minimum absolute atomic E-state index is 0.00624. The Hall–Kier alpha value is -5.19. The second kappa shape index (κ2) is 16.1. The van der Waals surface area contributed by atoms with Crippen LogP contribution in [0.3, 0.4) is 0 Å². The van der Waals surface area contributed by atoms with Gasteiger partial charge < -0.3 is 30.1 Å². The molecule has 4 amide bonds. The maximum absolute atomic E-state index is 14.8. The van der Waals surface area contributed by atoms with Gasteiger partial charge in [0.15, 0.2) is 5.82 Å². The van der Waals surface area contributed by atoms with Crippen LogP contribution < -0.4 is 24.8 Å². The number of nitrogens with zero attached hydrogens (tertiary/aromatic N) is 4. The second-order valence-corrected chi connectivity index (χ2v) is 19.5. The molecule has 4 aliphatic rings. The summed E-state index contributed by atoms with van der Waals surface area (Å²) >= 11 is 0. The molecule has 0 spiro atoms. The Morgan fingerprint density at radius 3 is 2.56 bits per heavy atom. The van der Waals surface area contributed by atoms with E-state index in [2.05, 4.69) is 22.3 Å². The monoisotopic (exact) mass is 833 g/mol. The van der Waals surface area contributed by atoms with Crippen molar-refractivity contribution in [3.63, 3.8) is 0 Å². The van der Waals surface area contributed by atoms with E-state index in [0.717, 1.165) is 12.1 Å². The van der Waals surface area contributed by atoms with Crippen LogP contribution in [0.15, 0.2) is 48.7 Å². The van der Waals surface area contributed by atoms with E-state index in [1.807, 2.05) is 51.3 Å². The minimum Gasteiger partial charge on any atom is -0.497 e. The van der Waals surface area contributed by atoms with Crippen LogP contribution in [-0.2, 0) is 24.4 Å². The van der Waals surface area contributed by atoms with Crippen molar-refractivity contribution in [2.75, 3.05) is 13.7 Å². The van der Waals surface area contributed by atoms with E-state index in [1.165, 1.54) is 4.90 Å². The number of benzene rings is 1. The zero-order valence-corrected chi connectivity index (χ0v) is 35.3. The lowest BCUT2D eigenvalue weighted by Crippen LogP contribution is -2.59. The van der Waals surface area contributed by atoms with Crippen LogP contribution in [0.5, 0.6) is 11.5 Å². The lowest BCUT2D eigenvalue weighted by atomic mass is 9.85. The van der Waals surface area contributed by atoms with Gasteiger partial charge in [0.1, 0.15) is 35.2 Å². The number of carboxylic acid groups (broad SMARTS) is 1. The highest BCUT2D eigenvalue weighted by Crippen LogP contribution is 2.48. The maximum atomic E-state index is 14.8. The van der Waals surface area contributed by atoms with E-state index in [1.54, 1.807) is 36.9 Å². The zero-order valence-electron chi connectivity index (χ0n) is 34.4. The molecule has 2 saturated carbocycles. The molecule has 0 unspecified atom stereocenters. The number of pyridine rings is 1. The third-order valence-corrected chi connectivity index (χ3v) is 14.7. The van der Waals surface area contributed by atoms with Gasteiger partial charge in [-0.1, -0.05) is 46.3 Å². The first-order chi connectivity index (χ1) is 28.0. The van der Waals surface area contributed by atoms with Crippen LogP contribution in [0.1, 0.15) is 97.6 Å². The lowest BCUT2D eigenvalue weighted by molar-refractivity contribution is -0.142. The SMILES string of the molecule is CC[C@@H]1C[C@H](C)CC/C=C\[C@@H]2C[C@@]2(C(=O)NS(=O)(=O)C2(C)CC2)NC(=O)[C@@H]2C[C@@H](Oc3cc(-n4ccc(C(C)C)n4)nc4cc(OC)ccc34)CN2C(=O)[C@H]1NC(=O)O. The van der Waals surface area contributed by atoms with Gasteiger partial charge in [0, 0.05) is 36.1 Å². The molecule has 0 bridgehead atoms. The molecule has 3 fully saturated rings. The molecule has 2 aromatic heterocycles. The summed E-state index contributed by atoms with van der Waals surface area (Å²) < 4.78 is 41.6. The van der Waals surface area contributed by atoms with Crippen LogP contribution in [0.2, 0.25) is 0 Å². The van der Waals surface area contributed by atoms with Crippen molar-refractivity contribution in [2.24, 2.45) is 17.8 Å². The fourth-order valence-electron chi connectivity index (χ4n) is 8.41. The van der Waals surface area contributed by atoms with Crippen molar-refractivity contribution >= 4 is 44.7 Å². The fourth-order valence-corrected chi connectivity index (χ4v) is 9.72. The molecule has 0 radical (unpaired) electrons. The number of carbonyl (C=O) groups is 4. The van der Waals surface area contributed by atoms with Crippen molar-refractivity contribution in [3.05, 3.63) is 54.4 Å². The molecular weight excluding hydrogens is 779 g/mol. The largest absolute Gasteiger partial charge is 0.497 e. The molecule has 1 saturated heterocycles. The molecular formula is C42H55N7O9S. The predicted octanol–water partition coefficient (Wildman–Crippen LogP) is 4.81. The van der Waals surface area contributed by atoms with Crippen molar-refractivity contribution in [1.29, 1.82) is 0 Å². The highest BCUT2D eigenvalue weighted by Gasteiger charge is 2.63. The van der Waals surface area contributed by atoms with Gasteiger partial charge in [-0.3, -0.25) is 19.1 Å². The number of methoxy groups -OCH3 is 1. The summed E-state index contributed by atoms with van der Waals surface area (Å²) in [5.41, 5.74) is -0.140. The molecule has 3 aromatic rings. The van der Waals surface area contributed by atoms with Gasteiger partial charge in [0.2, 0.25) is 21.8 Å². The average molecular weight is 834 g/mol. The number of nitrogens with one attached hydrogen (secondary N) is 3. The van der Waals surface area contributed by atoms with Crippen molar-refractivity contribution in [2.45, 2.75) is 120 Å². The summed E-state index contributed by atoms with van der Waals surface area (Å²) in [7, 11) is -2.47. The summed E-state index contributed by atoms with van der Waals surface area (Å²) in [5, 5.41) is 20.7. The van der Waals surface area contributed by atoms with Crippen molar-refractivity contribution in [3.8, 4) is 17.3 Å². The Kier molecular flexibility index (Phi) is 11.5. The average Bonchev–Trinajstić information content (AvgIpc) is 3.96. The highest BCUT2D eigenvalue weighted by molar-refractivity contribution is 7.91.